The minimum absolute atomic E-state index is 0.0432. The molecule has 1 atom stereocenters. The van der Waals surface area contributed by atoms with Crippen LogP contribution in [-0.2, 0) is 11.2 Å². The summed E-state index contributed by atoms with van der Waals surface area (Å²) in [4.78, 5) is 12.6. The van der Waals surface area contributed by atoms with Crippen molar-refractivity contribution in [3.05, 3.63) is 58.8 Å². The average molecular weight is 365 g/mol. The summed E-state index contributed by atoms with van der Waals surface area (Å²) in [6.07, 6.45) is 1.96. The molecule has 4 rings (SSSR count). The van der Waals surface area contributed by atoms with E-state index in [0.717, 1.165) is 33.6 Å². The Balaban J connectivity index is 1.47. The van der Waals surface area contributed by atoms with Gasteiger partial charge in [0.05, 0.1) is 18.7 Å². The van der Waals surface area contributed by atoms with E-state index < -0.39 is 0 Å². The minimum atomic E-state index is -0.129. The molecule has 1 aromatic heterocycles. The van der Waals surface area contributed by atoms with Crippen LogP contribution in [0.5, 0.6) is 11.5 Å². The molecule has 27 heavy (non-hydrogen) atoms. The number of hydrogen-bond acceptors (Lipinski definition) is 4. The molecular weight excluding hydrogens is 342 g/mol. The van der Waals surface area contributed by atoms with Gasteiger partial charge in [0.25, 0.3) is 0 Å². The molecule has 0 radical (unpaired) electrons. The van der Waals surface area contributed by atoms with E-state index in [2.05, 4.69) is 25.2 Å². The molecule has 0 bridgehead atoms. The van der Waals surface area contributed by atoms with Crippen LogP contribution in [0.2, 0.25) is 0 Å². The first kappa shape index (κ1) is 17.5. The first-order valence-electron chi connectivity index (χ1n) is 9.17. The van der Waals surface area contributed by atoms with Gasteiger partial charge in [0.15, 0.2) is 11.5 Å². The van der Waals surface area contributed by atoms with Crippen LogP contribution in [0.25, 0.3) is 11.0 Å². The van der Waals surface area contributed by atoms with Crippen molar-refractivity contribution in [2.45, 2.75) is 33.2 Å². The van der Waals surface area contributed by atoms with Crippen LogP contribution < -0.4 is 14.8 Å². The van der Waals surface area contributed by atoms with Crippen molar-refractivity contribution >= 4 is 16.9 Å². The van der Waals surface area contributed by atoms with Gasteiger partial charge >= 0.3 is 0 Å². The van der Waals surface area contributed by atoms with Crippen LogP contribution in [0.4, 0.5) is 0 Å². The highest BCUT2D eigenvalue weighted by Gasteiger charge is 2.17. The molecule has 1 amide bonds. The number of benzene rings is 2. The lowest BCUT2D eigenvalue weighted by Crippen LogP contribution is -2.28. The molecule has 3 aromatic rings. The number of fused-ring (bicyclic) bond motifs is 2. The van der Waals surface area contributed by atoms with Gasteiger partial charge in [-0.15, -0.1) is 0 Å². The first-order valence-corrected chi connectivity index (χ1v) is 9.17. The highest BCUT2D eigenvalue weighted by molar-refractivity contribution is 5.88. The summed E-state index contributed by atoms with van der Waals surface area (Å²) >= 11 is 0. The largest absolute Gasteiger partial charge is 0.486 e. The lowest BCUT2D eigenvalue weighted by Gasteiger charge is -2.21. The summed E-state index contributed by atoms with van der Waals surface area (Å²) in [5, 5.41) is 4.06. The fraction of sp³-hybridized carbons (Fsp3) is 0.318. The summed E-state index contributed by atoms with van der Waals surface area (Å²) in [5.41, 5.74) is 5.08. The van der Waals surface area contributed by atoms with Gasteiger partial charge < -0.3 is 19.2 Å². The molecule has 0 saturated heterocycles. The number of rotatable bonds is 4. The maximum absolute atomic E-state index is 12.6. The molecule has 0 fully saturated rings. The number of ether oxygens (including phenoxy) is 2. The molecule has 2 aromatic carbocycles. The molecule has 1 aliphatic rings. The van der Waals surface area contributed by atoms with E-state index >= 15 is 0 Å². The summed E-state index contributed by atoms with van der Waals surface area (Å²) in [5.74, 6) is 1.43. The summed E-state index contributed by atoms with van der Waals surface area (Å²) in [7, 11) is 0. The molecule has 140 valence electrons. The zero-order valence-corrected chi connectivity index (χ0v) is 15.8. The number of amides is 1. The van der Waals surface area contributed by atoms with Gasteiger partial charge in [-0.3, -0.25) is 4.79 Å². The molecule has 5 nitrogen and oxygen atoms in total. The van der Waals surface area contributed by atoms with Crippen LogP contribution >= 0.6 is 0 Å². The van der Waals surface area contributed by atoms with Crippen molar-refractivity contribution in [3.8, 4) is 11.5 Å². The Morgan fingerprint density at radius 2 is 1.81 bits per heavy atom. The van der Waals surface area contributed by atoms with Crippen LogP contribution in [0.3, 0.4) is 0 Å². The maximum Gasteiger partial charge on any atom is 0.225 e. The van der Waals surface area contributed by atoms with E-state index in [1.807, 2.05) is 31.2 Å². The number of carbonyl (C=O) groups excluding carboxylic acids is 1. The van der Waals surface area contributed by atoms with E-state index in [1.54, 1.807) is 6.26 Å². The molecular formula is C22H23NO4. The highest BCUT2D eigenvalue weighted by atomic mass is 16.6. The Labute approximate surface area is 158 Å². The van der Waals surface area contributed by atoms with Crippen molar-refractivity contribution in [2.75, 3.05) is 13.2 Å². The third kappa shape index (κ3) is 3.50. The molecule has 1 N–H and O–H groups in total. The first-order chi connectivity index (χ1) is 13.0. The standard InChI is InChI=1S/C22H23NO4/c1-13-8-18-17(12-27-20(18)9-14(13)2)11-22(24)23-15(3)16-4-5-19-21(10-16)26-7-6-25-19/h4-5,8-10,12,15H,6-7,11H2,1-3H3,(H,23,24). The van der Waals surface area contributed by atoms with Crippen LogP contribution in [0.15, 0.2) is 41.0 Å². The van der Waals surface area contributed by atoms with E-state index in [4.69, 9.17) is 13.9 Å². The van der Waals surface area contributed by atoms with Crippen molar-refractivity contribution < 1.29 is 18.7 Å². The predicted molar refractivity (Wildman–Crippen MR) is 103 cm³/mol. The average Bonchev–Trinajstić information content (AvgIpc) is 3.03. The smallest absolute Gasteiger partial charge is 0.225 e. The molecule has 2 heterocycles. The normalized spacial score (nSPS) is 14.2. The Hall–Kier alpha value is -2.95. The van der Waals surface area contributed by atoms with Crippen molar-refractivity contribution in [1.82, 2.24) is 5.32 Å². The Morgan fingerprint density at radius 1 is 1.07 bits per heavy atom. The third-order valence-electron chi connectivity index (χ3n) is 5.06. The van der Waals surface area contributed by atoms with Gasteiger partial charge in [-0.1, -0.05) is 6.07 Å². The SMILES string of the molecule is Cc1cc2occ(CC(=O)NC(C)c3ccc4c(c3)OCCO4)c2cc1C. The highest BCUT2D eigenvalue weighted by Crippen LogP contribution is 2.32. The van der Waals surface area contributed by atoms with E-state index in [9.17, 15) is 4.79 Å². The van der Waals surface area contributed by atoms with Gasteiger partial charge in [0.2, 0.25) is 5.91 Å². The monoisotopic (exact) mass is 365 g/mol. The summed E-state index contributed by atoms with van der Waals surface area (Å²) < 4.78 is 16.8. The van der Waals surface area contributed by atoms with E-state index in [1.165, 1.54) is 11.1 Å². The lowest BCUT2D eigenvalue weighted by atomic mass is 10.0. The number of carbonyl (C=O) groups is 1. The minimum Gasteiger partial charge on any atom is -0.486 e. The quantitative estimate of drug-likeness (QED) is 0.751. The number of furan rings is 1. The van der Waals surface area contributed by atoms with Gasteiger partial charge in [0, 0.05) is 10.9 Å². The van der Waals surface area contributed by atoms with Crippen molar-refractivity contribution in [3.63, 3.8) is 0 Å². The van der Waals surface area contributed by atoms with E-state index in [-0.39, 0.29) is 18.4 Å². The number of nitrogens with one attached hydrogen (secondary N) is 1. The topological polar surface area (TPSA) is 60.7 Å². The van der Waals surface area contributed by atoms with E-state index in [0.29, 0.717) is 13.2 Å². The molecule has 1 unspecified atom stereocenters. The third-order valence-corrected chi connectivity index (χ3v) is 5.06. The molecule has 0 aliphatic carbocycles. The fourth-order valence-corrected chi connectivity index (χ4v) is 3.35. The van der Waals surface area contributed by atoms with Crippen LogP contribution in [0.1, 0.15) is 35.2 Å². The zero-order chi connectivity index (χ0) is 19.0. The molecule has 0 spiro atoms. The Morgan fingerprint density at radius 3 is 2.63 bits per heavy atom. The Bertz CT molecular complexity index is 1000. The van der Waals surface area contributed by atoms with Gasteiger partial charge in [-0.2, -0.15) is 0 Å². The number of aryl methyl sites for hydroxylation is 2. The van der Waals surface area contributed by atoms with Crippen molar-refractivity contribution in [2.24, 2.45) is 0 Å². The van der Waals surface area contributed by atoms with Gasteiger partial charge in [0.1, 0.15) is 18.8 Å². The van der Waals surface area contributed by atoms with Gasteiger partial charge in [-0.05, 0) is 61.7 Å². The second-order valence-electron chi connectivity index (χ2n) is 7.06. The summed E-state index contributed by atoms with van der Waals surface area (Å²) in [6.45, 7) is 7.19. The number of hydrogen-bond donors (Lipinski definition) is 1. The Kier molecular flexibility index (Phi) is 4.52. The molecule has 1 aliphatic heterocycles. The van der Waals surface area contributed by atoms with Gasteiger partial charge in [-0.25, -0.2) is 0 Å². The maximum atomic E-state index is 12.6. The molecule has 0 saturated carbocycles. The molecule has 5 heteroatoms. The lowest BCUT2D eigenvalue weighted by molar-refractivity contribution is -0.121. The fourth-order valence-electron chi connectivity index (χ4n) is 3.35. The van der Waals surface area contributed by atoms with Crippen molar-refractivity contribution in [1.29, 1.82) is 0 Å². The van der Waals surface area contributed by atoms with Crippen LogP contribution in [-0.4, -0.2) is 19.1 Å². The second-order valence-corrected chi connectivity index (χ2v) is 7.06. The van der Waals surface area contributed by atoms with Crippen LogP contribution in [0, 0.1) is 13.8 Å². The predicted octanol–water partition coefficient (Wildman–Crippen LogP) is 4.24. The second kappa shape index (κ2) is 6.99. The zero-order valence-electron chi connectivity index (χ0n) is 15.8. The summed E-state index contributed by atoms with van der Waals surface area (Å²) in [6, 6.07) is 9.75.